The fourth-order valence-corrected chi connectivity index (χ4v) is 1.54. The lowest BCUT2D eigenvalue weighted by atomic mass is 10.1. The summed E-state index contributed by atoms with van der Waals surface area (Å²) in [5.41, 5.74) is 2.24. The molecule has 1 atom stereocenters. The van der Waals surface area contributed by atoms with Gasteiger partial charge in [0, 0.05) is 0 Å². The number of hydrogen-bond donors (Lipinski definition) is 1. The van der Waals surface area contributed by atoms with Crippen molar-refractivity contribution in [1.29, 1.82) is 0 Å². The van der Waals surface area contributed by atoms with Gasteiger partial charge in [-0.05, 0) is 18.1 Å². The van der Waals surface area contributed by atoms with Crippen molar-refractivity contribution in [3.05, 3.63) is 41.5 Å². The van der Waals surface area contributed by atoms with Gasteiger partial charge in [0.2, 0.25) is 0 Å². The van der Waals surface area contributed by atoms with E-state index in [4.69, 9.17) is 4.74 Å². The van der Waals surface area contributed by atoms with Gasteiger partial charge in [0.25, 0.3) is 0 Å². The Labute approximate surface area is 88.8 Å². The first-order chi connectivity index (χ1) is 7.25. The monoisotopic (exact) mass is 203 g/mol. The van der Waals surface area contributed by atoms with Crippen molar-refractivity contribution in [2.24, 2.45) is 0 Å². The summed E-state index contributed by atoms with van der Waals surface area (Å²) in [4.78, 5) is 10.8. The molecule has 3 nitrogen and oxygen atoms in total. The lowest BCUT2D eigenvalue weighted by Crippen LogP contribution is -2.26. The third-order valence-corrected chi connectivity index (χ3v) is 2.42. The Balaban J connectivity index is 2.11. The zero-order valence-corrected chi connectivity index (χ0v) is 8.57. The summed E-state index contributed by atoms with van der Waals surface area (Å²) in [6, 6.07) is 10.0. The van der Waals surface area contributed by atoms with E-state index in [0.29, 0.717) is 6.61 Å². The molecular formula is C12H13NO2. The number of cyclic esters (lactones) is 1. The van der Waals surface area contributed by atoms with Crippen LogP contribution in [0.1, 0.15) is 12.5 Å². The standard InChI is InChI=1S/C12H13NO2/c1-9(11-8-15-12(14)13-11)7-10-5-3-2-4-6-10/h2-7,11H,8H2,1H3,(H,13,14)/b9-7-. The van der Waals surface area contributed by atoms with Crippen molar-refractivity contribution in [2.75, 3.05) is 6.61 Å². The fourth-order valence-electron chi connectivity index (χ4n) is 1.54. The average molecular weight is 203 g/mol. The Morgan fingerprint density at radius 2 is 2.20 bits per heavy atom. The Bertz CT molecular complexity index is 384. The number of carbonyl (C=O) groups excluding carboxylic acids is 1. The van der Waals surface area contributed by atoms with Crippen LogP contribution in [0.4, 0.5) is 4.79 Å². The first-order valence-electron chi connectivity index (χ1n) is 4.92. The highest BCUT2D eigenvalue weighted by atomic mass is 16.6. The minimum atomic E-state index is -0.333. The van der Waals surface area contributed by atoms with Crippen LogP contribution in [0, 0.1) is 0 Å². The molecule has 15 heavy (non-hydrogen) atoms. The van der Waals surface area contributed by atoms with E-state index in [1.807, 2.05) is 37.3 Å². The van der Waals surface area contributed by atoms with Gasteiger partial charge in [-0.15, -0.1) is 0 Å². The van der Waals surface area contributed by atoms with Crippen molar-refractivity contribution in [3.8, 4) is 0 Å². The van der Waals surface area contributed by atoms with E-state index in [1.165, 1.54) is 0 Å². The maximum atomic E-state index is 10.8. The lowest BCUT2D eigenvalue weighted by Gasteiger charge is -2.07. The molecule has 1 heterocycles. The van der Waals surface area contributed by atoms with Crippen molar-refractivity contribution in [1.82, 2.24) is 5.32 Å². The van der Waals surface area contributed by atoms with Crippen molar-refractivity contribution in [3.63, 3.8) is 0 Å². The van der Waals surface area contributed by atoms with Crippen LogP contribution in [-0.4, -0.2) is 18.7 Å². The van der Waals surface area contributed by atoms with Gasteiger partial charge in [0.1, 0.15) is 6.61 Å². The van der Waals surface area contributed by atoms with Crippen LogP contribution >= 0.6 is 0 Å². The Hall–Kier alpha value is -1.77. The third kappa shape index (κ3) is 2.37. The molecule has 1 aliphatic rings. The smallest absolute Gasteiger partial charge is 0.407 e. The van der Waals surface area contributed by atoms with Gasteiger partial charge >= 0.3 is 6.09 Å². The van der Waals surface area contributed by atoms with Gasteiger partial charge in [-0.3, -0.25) is 0 Å². The van der Waals surface area contributed by atoms with Crippen molar-refractivity contribution < 1.29 is 9.53 Å². The zero-order chi connectivity index (χ0) is 10.7. The summed E-state index contributed by atoms with van der Waals surface area (Å²) in [6.07, 6.45) is 1.72. The van der Waals surface area contributed by atoms with Crippen LogP contribution in [0.15, 0.2) is 35.9 Å². The van der Waals surface area contributed by atoms with Gasteiger partial charge < -0.3 is 10.1 Å². The molecule has 1 aromatic rings. The molecule has 0 aromatic heterocycles. The zero-order valence-electron chi connectivity index (χ0n) is 8.57. The molecule has 0 aliphatic carbocycles. The molecule has 1 aromatic carbocycles. The van der Waals surface area contributed by atoms with Gasteiger partial charge in [-0.1, -0.05) is 36.4 Å². The molecule has 3 heteroatoms. The molecule has 0 bridgehead atoms. The summed E-state index contributed by atoms with van der Waals surface area (Å²) in [5, 5.41) is 2.74. The predicted octanol–water partition coefficient (Wildman–Crippen LogP) is 2.20. The second kappa shape index (κ2) is 4.17. The predicted molar refractivity (Wildman–Crippen MR) is 58.4 cm³/mol. The normalized spacial score (nSPS) is 21.0. The first-order valence-corrected chi connectivity index (χ1v) is 4.92. The average Bonchev–Trinajstić information content (AvgIpc) is 2.66. The number of rotatable bonds is 2. The van der Waals surface area contributed by atoms with E-state index in [2.05, 4.69) is 11.4 Å². The minimum Gasteiger partial charge on any atom is -0.447 e. The van der Waals surface area contributed by atoms with E-state index >= 15 is 0 Å². The molecule has 1 fully saturated rings. The van der Waals surface area contributed by atoms with Crippen molar-refractivity contribution >= 4 is 12.2 Å². The van der Waals surface area contributed by atoms with Crippen LogP contribution < -0.4 is 5.32 Å². The second-order valence-electron chi connectivity index (χ2n) is 3.59. The maximum Gasteiger partial charge on any atom is 0.407 e. The molecule has 0 radical (unpaired) electrons. The van der Waals surface area contributed by atoms with Gasteiger partial charge in [0.15, 0.2) is 0 Å². The molecular weight excluding hydrogens is 190 g/mol. The SMILES string of the molecule is C/C(=C/c1ccccc1)C1COC(=O)N1. The fraction of sp³-hybridized carbons (Fsp3) is 0.250. The highest BCUT2D eigenvalue weighted by Gasteiger charge is 2.22. The first kappa shape index (κ1) is 9.77. The summed E-state index contributed by atoms with van der Waals surface area (Å²) in [5.74, 6) is 0. The van der Waals surface area contributed by atoms with E-state index in [1.54, 1.807) is 0 Å². The molecule has 1 aliphatic heterocycles. The Kier molecular flexibility index (Phi) is 2.72. The van der Waals surface area contributed by atoms with E-state index < -0.39 is 0 Å². The number of nitrogens with one attached hydrogen (secondary N) is 1. The summed E-state index contributed by atoms with van der Waals surface area (Å²) in [6.45, 7) is 2.42. The van der Waals surface area contributed by atoms with E-state index in [9.17, 15) is 4.79 Å². The summed E-state index contributed by atoms with van der Waals surface area (Å²) in [7, 11) is 0. The van der Waals surface area contributed by atoms with Gasteiger partial charge in [-0.25, -0.2) is 4.79 Å². The molecule has 78 valence electrons. The molecule has 2 rings (SSSR count). The second-order valence-corrected chi connectivity index (χ2v) is 3.59. The third-order valence-electron chi connectivity index (χ3n) is 2.42. The number of benzene rings is 1. The number of alkyl carbamates (subject to hydrolysis) is 1. The van der Waals surface area contributed by atoms with Gasteiger partial charge in [0.05, 0.1) is 6.04 Å². The summed E-state index contributed by atoms with van der Waals surface area (Å²) < 4.78 is 4.83. The molecule has 1 amide bonds. The van der Waals surface area contributed by atoms with Crippen molar-refractivity contribution in [2.45, 2.75) is 13.0 Å². The van der Waals surface area contributed by atoms with E-state index in [0.717, 1.165) is 11.1 Å². The van der Waals surface area contributed by atoms with Crippen LogP contribution in [0.25, 0.3) is 6.08 Å². The quantitative estimate of drug-likeness (QED) is 0.800. The molecule has 1 saturated heterocycles. The summed E-state index contributed by atoms with van der Waals surface area (Å²) >= 11 is 0. The number of amides is 1. The highest BCUT2D eigenvalue weighted by molar-refractivity contribution is 5.71. The number of carbonyl (C=O) groups is 1. The van der Waals surface area contributed by atoms with Crippen LogP contribution in [0.5, 0.6) is 0 Å². The van der Waals surface area contributed by atoms with Crippen LogP contribution in [-0.2, 0) is 4.74 Å². The largest absolute Gasteiger partial charge is 0.447 e. The van der Waals surface area contributed by atoms with E-state index in [-0.39, 0.29) is 12.1 Å². The molecule has 0 spiro atoms. The van der Waals surface area contributed by atoms with Gasteiger partial charge in [-0.2, -0.15) is 0 Å². The molecule has 0 saturated carbocycles. The molecule has 1 N–H and O–H groups in total. The number of ether oxygens (including phenoxy) is 1. The maximum absolute atomic E-state index is 10.8. The highest BCUT2D eigenvalue weighted by Crippen LogP contribution is 2.12. The lowest BCUT2D eigenvalue weighted by molar-refractivity contribution is 0.177. The Morgan fingerprint density at radius 3 is 2.80 bits per heavy atom. The molecule has 1 unspecified atom stereocenters. The van der Waals surface area contributed by atoms with Crippen LogP contribution in [0.2, 0.25) is 0 Å². The number of hydrogen-bond acceptors (Lipinski definition) is 2. The topological polar surface area (TPSA) is 38.3 Å². The minimum absolute atomic E-state index is 0.0118. The van der Waals surface area contributed by atoms with Crippen LogP contribution in [0.3, 0.4) is 0 Å². The Morgan fingerprint density at radius 1 is 1.47 bits per heavy atom.